The van der Waals surface area contributed by atoms with Crippen molar-refractivity contribution in [2.24, 2.45) is 5.73 Å². The highest BCUT2D eigenvalue weighted by atomic mass is 19.3. The van der Waals surface area contributed by atoms with Gasteiger partial charge in [-0.1, -0.05) is 0 Å². The van der Waals surface area contributed by atoms with Crippen LogP contribution in [0.4, 0.5) is 8.78 Å². The SMILES string of the molecule is NC1CNCC(F)(F)C1. The number of rotatable bonds is 0. The van der Waals surface area contributed by atoms with E-state index in [2.05, 4.69) is 5.32 Å². The molecule has 1 aliphatic heterocycles. The first-order valence-electron chi connectivity index (χ1n) is 2.94. The van der Waals surface area contributed by atoms with Crippen LogP contribution >= 0.6 is 0 Å². The van der Waals surface area contributed by atoms with E-state index < -0.39 is 5.92 Å². The Hall–Kier alpha value is -0.220. The van der Waals surface area contributed by atoms with E-state index >= 15 is 0 Å². The van der Waals surface area contributed by atoms with Crippen molar-refractivity contribution in [3.8, 4) is 0 Å². The molecule has 54 valence electrons. The van der Waals surface area contributed by atoms with E-state index in [4.69, 9.17) is 5.73 Å². The van der Waals surface area contributed by atoms with Crippen LogP contribution in [0.3, 0.4) is 0 Å². The lowest BCUT2D eigenvalue weighted by Crippen LogP contribution is -2.49. The lowest BCUT2D eigenvalue weighted by atomic mass is 10.1. The van der Waals surface area contributed by atoms with Gasteiger partial charge in [0.1, 0.15) is 0 Å². The van der Waals surface area contributed by atoms with Crippen LogP contribution in [-0.4, -0.2) is 25.1 Å². The highest BCUT2D eigenvalue weighted by Gasteiger charge is 2.34. The number of piperidine rings is 1. The first-order chi connectivity index (χ1) is 4.10. The molecule has 0 spiro atoms. The summed E-state index contributed by atoms with van der Waals surface area (Å²) in [5.41, 5.74) is 5.27. The summed E-state index contributed by atoms with van der Waals surface area (Å²) in [5.74, 6) is -2.59. The van der Waals surface area contributed by atoms with E-state index in [-0.39, 0.29) is 19.0 Å². The van der Waals surface area contributed by atoms with Crippen LogP contribution in [0.15, 0.2) is 0 Å². The molecule has 1 fully saturated rings. The predicted molar refractivity (Wildman–Crippen MR) is 30.4 cm³/mol. The Labute approximate surface area is 52.4 Å². The Kier molecular flexibility index (Phi) is 1.68. The van der Waals surface area contributed by atoms with Crippen LogP contribution in [0.2, 0.25) is 0 Å². The molecule has 9 heavy (non-hydrogen) atoms. The van der Waals surface area contributed by atoms with Gasteiger partial charge in [-0.25, -0.2) is 8.78 Å². The van der Waals surface area contributed by atoms with Crippen LogP contribution in [-0.2, 0) is 0 Å². The quantitative estimate of drug-likeness (QED) is 0.489. The molecule has 0 aromatic rings. The lowest BCUT2D eigenvalue weighted by Gasteiger charge is -2.26. The Bertz CT molecular complexity index is 105. The predicted octanol–water partition coefficient (Wildman–Crippen LogP) is -0.0577. The normalized spacial score (nSPS) is 34.3. The standard InChI is InChI=1S/C5H10F2N2/c6-5(7)1-4(8)2-9-3-5/h4,9H,1-3,8H2. The number of nitrogens with two attached hydrogens (primary N) is 1. The highest BCUT2D eigenvalue weighted by Crippen LogP contribution is 2.20. The molecule has 0 saturated carbocycles. The summed E-state index contributed by atoms with van der Waals surface area (Å²) in [6, 6.07) is -0.381. The van der Waals surface area contributed by atoms with Gasteiger partial charge in [-0.3, -0.25) is 0 Å². The van der Waals surface area contributed by atoms with Gasteiger partial charge in [0.2, 0.25) is 0 Å². The van der Waals surface area contributed by atoms with Gasteiger partial charge in [0.15, 0.2) is 0 Å². The molecule has 0 bridgehead atoms. The fourth-order valence-electron chi connectivity index (χ4n) is 0.968. The van der Waals surface area contributed by atoms with Crippen LogP contribution in [0, 0.1) is 0 Å². The second-order valence-electron chi connectivity index (χ2n) is 2.45. The summed E-state index contributed by atoms with van der Waals surface area (Å²) in [6.45, 7) is 0.288. The van der Waals surface area contributed by atoms with E-state index in [1.54, 1.807) is 0 Å². The maximum absolute atomic E-state index is 12.3. The van der Waals surface area contributed by atoms with Gasteiger partial charge in [-0.2, -0.15) is 0 Å². The van der Waals surface area contributed by atoms with Crippen molar-refractivity contribution in [2.45, 2.75) is 18.4 Å². The molecule has 0 aliphatic carbocycles. The average Bonchev–Trinajstić information content (AvgIpc) is 1.60. The van der Waals surface area contributed by atoms with Crippen molar-refractivity contribution < 1.29 is 8.78 Å². The first kappa shape index (κ1) is 6.89. The van der Waals surface area contributed by atoms with E-state index in [0.29, 0.717) is 6.54 Å². The van der Waals surface area contributed by atoms with Crippen LogP contribution in [0.1, 0.15) is 6.42 Å². The molecular formula is C5H10F2N2. The molecule has 1 aliphatic rings. The van der Waals surface area contributed by atoms with Gasteiger partial charge >= 0.3 is 0 Å². The summed E-state index contributed by atoms with van der Waals surface area (Å²) in [4.78, 5) is 0. The maximum Gasteiger partial charge on any atom is 0.261 e. The summed E-state index contributed by atoms with van der Waals surface area (Å²) in [6.07, 6.45) is -0.181. The molecule has 0 aromatic carbocycles. The zero-order valence-corrected chi connectivity index (χ0v) is 5.03. The molecular weight excluding hydrogens is 126 g/mol. The molecule has 1 atom stereocenters. The minimum absolute atomic E-state index is 0.181. The molecule has 0 amide bonds. The third-order valence-corrected chi connectivity index (χ3v) is 1.35. The second kappa shape index (κ2) is 2.19. The zero-order chi connectivity index (χ0) is 6.91. The van der Waals surface area contributed by atoms with E-state index in [0.717, 1.165) is 0 Å². The van der Waals surface area contributed by atoms with Crippen molar-refractivity contribution in [1.29, 1.82) is 0 Å². The van der Waals surface area contributed by atoms with Gasteiger partial charge in [0.05, 0.1) is 6.54 Å². The molecule has 0 aromatic heterocycles. The number of hydrogen-bond donors (Lipinski definition) is 2. The number of nitrogens with one attached hydrogen (secondary N) is 1. The third-order valence-electron chi connectivity index (χ3n) is 1.35. The molecule has 1 saturated heterocycles. The Morgan fingerprint density at radius 3 is 2.56 bits per heavy atom. The first-order valence-corrected chi connectivity index (χ1v) is 2.94. The van der Waals surface area contributed by atoms with Crippen LogP contribution < -0.4 is 11.1 Å². The monoisotopic (exact) mass is 136 g/mol. The summed E-state index contributed by atoms with van der Waals surface area (Å²) >= 11 is 0. The molecule has 1 rings (SSSR count). The topological polar surface area (TPSA) is 38.0 Å². The molecule has 4 heteroatoms. The molecule has 0 radical (unpaired) electrons. The van der Waals surface area contributed by atoms with Crippen LogP contribution in [0.5, 0.6) is 0 Å². The van der Waals surface area contributed by atoms with E-state index in [1.165, 1.54) is 0 Å². The molecule has 3 N–H and O–H groups in total. The smallest absolute Gasteiger partial charge is 0.261 e. The maximum atomic E-state index is 12.3. The van der Waals surface area contributed by atoms with E-state index in [9.17, 15) is 8.78 Å². The van der Waals surface area contributed by atoms with Gasteiger partial charge in [0.25, 0.3) is 5.92 Å². The van der Waals surface area contributed by atoms with Crippen molar-refractivity contribution in [3.05, 3.63) is 0 Å². The summed E-state index contributed by atoms with van der Waals surface area (Å²) < 4.78 is 24.6. The number of alkyl halides is 2. The molecule has 1 unspecified atom stereocenters. The fraction of sp³-hybridized carbons (Fsp3) is 1.00. The molecule has 2 nitrogen and oxygen atoms in total. The average molecular weight is 136 g/mol. The van der Waals surface area contributed by atoms with E-state index in [1.807, 2.05) is 0 Å². The Morgan fingerprint density at radius 1 is 1.56 bits per heavy atom. The summed E-state index contributed by atoms with van der Waals surface area (Å²) in [5, 5.41) is 2.55. The highest BCUT2D eigenvalue weighted by molar-refractivity contribution is 4.83. The largest absolute Gasteiger partial charge is 0.326 e. The zero-order valence-electron chi connectivity index (χ0n) is 5.03. The molecule has 1 heterocycles. The fourth-order valence-corrected chi connectivity index (χ4v) is 0.968. The Balaban J connectivity index is 2.41. The summed E-state index contributed by atoms with van der Waals surface area (Å²) in [7, 11) is 0. The van der Waals surface area contributed by atoms with Gasteiger partial charge < -0.3 is 11.1 Å². The number of halogens is 2. The number of hydrogen-bond acceptors (Lipinski definition) is 2. The van der Waals surface area contributed by atoms with Gasteiger partial charge in [-0.05, 0) is 0 Å². The van der Waals surface area contributed by atoms with Crippen LogP contribution in [0.25, 0.3) is 0 Å². The van der Waals surface area contributed by atoms with Gasteiger partial charge in [0, 0.05) is 19.0 Å². The van der Waals surface area contributed by atoms with Crippen molar-refractivity contribution >= 4 is 0 Å². The third kappa shape index (κ3) is 1.87. The van der Waals surface area contributed by atoms with Crippen molar-refractivity contribution in [1.82, 2.24) is 5.32 Å². The van der Waals surface area contributed by atoms with Crippen molar-refractivity contribution in [3.63, 3.8) is 0 Å². The Morgan fingerprint density at radius 2 is 2.22 bits per heavy atom. The van der Waals surface area contributed by atoms with Gasteiger partial charge in [-0.15, -0.1) is 0 Å². The minimum atomic E-state index is -2.59. The lowest BCUT2D eigenvalue weighted by molar-refractivity contribution is -0.0266. The van der Waals surface area contributed by atoms with Crippen molar-refractivity contribution in [2.75, 3.05) is 13.1 Å². The second-order valence-corrected chi connectivity index (χ2v) is 2.45. The minimum Gasteiger partial charge on any atom is -0.326 e.